The third-order valence-corrected chi connectivity index (χ3v) is 5.60. The fourth-order valence-electron chi connectivity index (χ4n) is 1.15. The van der Waals surface area contributed by atoms with E-state index in [4.69, 9.17) is 0 Å². The Balaban J connectivity index is 2.62. The molecule has 18 heavy (non-hydrogen) atoms. The number of amides is 1. The number of carbonyl (C=O) groups is 1. The van der Waals surface area contributed by atoms with Gasteiger partial charge in [-0.25, -0.2) is 8.42 Å². The number of hydrogen-bond acceptors (Lipinski definition) is 5. The van der Waals surface area contributed by atoms with Crippen molar-refractivity contribution in [1.29, 1.82) is 0 Å². The molecule has 7 heteroatoms. The Morgan fingerprint density at radius 1 is 1.56 bits per heavy atom. The van der Waals surface area contributed by atoms with Gasteiger partial charge < -0.3 is 10.4 Å². The highest BCUT2D eigenvalue weighted by molar-refractivity contribution is 7.92. The molecule has 0 spiro atoms. The van der Waals surface area contributed by atoms with Gasteiger partial charge in [-0.15, -0.1) is 0 Å². The van der Waals surface area contributed by atoms with Crippen molar-refractivity contribution in [2.45, 2.75) is 24.7 Å². The minimum absolute atomic E-state index is 0.00544. The lowest BCUT2D eigenvalue weighted by molar-refractivity contribution is -0.123. The number of aliphatic hydroxyl groups excluding tert-OH is 1. The van der Waals surface area contributed by atoms with E-state index in [-0.39, 0.29) is 6.54 Å². The normalized spacial score (nSPS) is 14.2. The van der Waals surface area contributed by atoms with Crippen molar-refractivity contribution in [3.63, 3.8) is 0 Å². The predicted octanol–water partition coefficient (Wildman–Crippen LogP) is 0.721. The molecule has 102 valence electrons. The van der Waals surface area contributed by atoms with E-state index in [1.165, 1.54) is 25.2 Å². The molecule has 1 heterocycles. The van der Waals surface area contributed by atoms with Crippen molar-refractivity contribution < 1.29 is 18.3 Å². The van der Waals surface area contributed by atoms with Crippen LogP contribution in [0.5, 0.6) is 0 Å². The Morgan fingerprint density at radius 2 is 2.17 bits per heavy atom. The maximum absolute atomic E-state index is 11.8. The second-order valence-corrected chi connectivity index (χ2v) is 7.91. The highest BCUT2D eigenvalue weighted by atomic mass is 32.2. The zero-order valence-corrected chi connectivity index (χ0v) is 12.1. The third-order valence-electron chi connectivity index (χ3n) is 2.86. The molecule has 0 aliphatic rings. The number of aliphatic hydroxyl groups is 1. The average Bonchev–Trinajstić information content (AvgIpc) is 2.76. The van der Waals surface area contributed by atoms with Crippen LogP contribution in [0, 0.1) is 0 Å². The Kier molecular flexibility index (Phi) is 4.52. The minimum Gasteiger partial charge on any atom is -0.387 e. The first-order chi connectivity index (χ1) is 8.16. The zero-order valence-electron chi connectivity index (χ0n) is 10.5. The SMILES string of the molecule is CC(C)(C(=O)NCC(O)c1ccsc1)S(C)(=O)=O. The highest BCUT2D eigenvalue weighted by Gasteiger charge is 2.38. The molecule has 2 N–H and O–H groups in total. The van der Waals surface area contributed by atoms with Gasteiger partial charge in [-0.3, -0.25) is 4.79 Å². The van der Waals surface area contributed by atoms with Crippen LogP contribution in [0.2, 0.25) is 0 Å². The second kappa shape index (κ2) is 5.38. The molecule has 1 aromatic heterocycles. The van der Waals surface area contributed by atoms with Crippen LogP contribution in [0.15, 0.2) is 16.8 Å². The Bertz CT molecular complexity index is 505. The standard InChI is InChI=1S/C11H17NO4S2/c1-11(2,18(3,15)16)10(14)12-6-9(13)8-4-5-17-7-8/h4-5,7,9,13H,6H2,1-3H3,(H,12,14). The first kappa shape index (κ1) is 15.1. The van der Waals surface area contributed by atoms with E-state index in [0.717, 1.165) is 6.26 Å². The Morgan fingerprint density at radius 3 is 2.61 bits per heavy atom. The lowest BCUT2D eigenvalue weighted by Gasteiger charge is -2.22. The van der Waals surface area contributed by atoms with Crippen molar-refractivity contribution in [1.82, 2.24) is 5.32 Å². The van der Waals surface area contributed by atoms with Gasteiger partial charge in [0, 0.05) is 12.8 Å². The van der Waals surface area contributed by atoms with E-state index in [9.17, 15) is 18.3 Å². The third kappa shape index (κ3) is 3.30. The summed E-state index contributed by atoms with van der Waals surface area (Å²) in [5, 5.41) is 15.8. The molecule has 0 fully saturated rings. The van der Waals surface area contributed by atoms with Gasteiger partial charge in [-0.05, 0) is 36.2 Å². The summed E-state index contributed by atoms with van der Waals surface area (Å²) in [5.41, 5.74) is 0.706. The van der Waals surface area contributed by atoms with E-state index in [2.05, 4.69) is 5.32 Å². The molecule has 0 saturated heterocycles. The quantitative estimate of drug-likeness (QED) is 0.837. The van der Waals surface area contributed by atoms with Gasteiger partial charge >= 0.3 is 0 Å². The lowest BCUT2D eigenvalue weighted by Crippen LogP contribution is -2.48. The number of thiophene rings is 1. The van der Waals surface area contributed by atoms with Crippen LogP contribution >= 0.6 is 11.3 Å². The smallest absolute Gasteiger partial charge is 0.240 e. The summed E-state index contributed by atoms with van der Waals surface area (Å²) in [6.07, 6.45) is 0.192. The van der Waals surface area contributed by atoms with E-state index in [1.807, 2.05) is 5.38 Å². The monoisotopic (exact) mass is 291 g/mol. The van der Waals surface area contributed by atoms with Crippen LogP contribution in [-0.2, 0) is 14.6 Å². The molecule has 1 amide bonds. The number of nitrogens with one attached hydrogen (secondary N) is 1. The maximum atomic E-state index is 11.8. The molecule has 1 rings (SSSR count). The molecular formula is C11H17NO4S2. The summed E-state index contributed by atoms with van der Waals surface area (Å²) in [6, 6.07) is 1.75. The minimum atomic E-state index is -3.49. The van der Waals surface area contributed by atoms with E-state index in [1.54, 1.807) is 11.4 Å². The van der Waals surface area contributed by atoms with Gasteiger partial charge in [-0.1, -0.05) is 0 Å². The fourth-order valence-corrected chi connectivity index (χ4v) is 2.27. The molecule has 5 nitrogen and oxygen atoms in total. The first-order valence-corrected chi connectivity index (χ1v) is 8.17. The summed E-state index contributed by atoms with van der Waals surface area (Å²) < 4.78 is 21.4. The maximum Gasteiger partial charge on any atom is 0.240 e. The van der Waals surface area contributed by atoms with Gasteiger partial charge in [0.1, 0.15) is 4.75 Å². The second-order valence-electron chi connectivity index (χ2n) is 4.56. The molecule has 0 aliphatic carbocycles. The van der Waals surface area contributed by atoms with Gasteiger partial charge in [-0.2, -0.15) is 11.3 Å². The van der Waals surface area contributed by atoms with Crippen molar-refractivity contribution in [3.8, 4) is 0 Å². The highest BCUT2D eigenvalue weighted by Crippen LogP contribution is 2.17. The molecule has 0 saturated carbocycles. The predicted molar refractivity (Wildman–Crippen MR) is 71.2 cm³/mol. The van der Waals surface area contributed by atoms with E-state index >= 15 is 0 Å². The molecule has 0 bridgehead atoms. The largest absolute Gasteiger partial charge is 0.387 e. The lowest BCUT2D eigenvalue weighted by atomic mass is 10.1. The van der Waals surface area contributed by atoms with Crippen molar-refractivity contribution in [3.05, 3.63) is 22.4 Å². The summed E-state index contributed by atoms with van der Waals surface area (Å²) in [4.78, 5) is 11.8. The van der Waals surface area contributed by atoms with Crippen molar-refractivity contribution in [2.75, 3.05) is 12.8 Å². The molecule has 1 unspecified atom stereocenters. The molecule has 0 radical (unpaired) electrons. The van der Waals surface area contributed by atoms with Crippen molar-refractivity contribution in [2.24, 2.45) is 0 Å². The molecule has 1 atom stereocenters. The van der Waals surface area contributed by atoms with Crippen LogP contribution in [0.1, 0.15) is 25.5 Å². The van der Waals surface area contributed by atoms with Crippen LogP contribution in [0.25, 0.3) is 0 Å². The molecule has 1 aromatic rings. The summed E-state index contributed by atoms with van der Waals surface area (Å²) in [5.74, 6) is -0.612. The van der Waals surface area contributed by atoms with Crippen LogP contribution in [0.4, 0.5) is 0 Å². The average molecular weight is 291 g/mol. The Hall–Kier alpha value is -0.920. The number of hydrogen-bond donors (Lipinski definition) is 2. The van der Waals surface area contributed by atoms with Gasteiger partial charge in [0.15, 0.2) is 9.84 Å². The number of carbonyl (C=O) groups excluding carboxylic acids is 1. The van der Waals surface area contributed by atoms with Gasteiger partial charge in [0.2, 0.25) is 5.91 Å². The van der Waals surface area contributed by atoms with Gasteiger partial charge in [0.05, 0.1) is 6.10 Å². The number of rotatable bonds is 5. The molecular weight excluding hydrogens is 274 g/mol. The molecule has 0 aromatic carbocycles. The zero-order chi connectivity index (χ0) is 14.0. The van der Waals surface area contributed by atoms with Gasteiger partial charge in [0.25, 0.3) is 0 Å². The van der Waals surface area contributed by atoms with Crippen LogP contribution < -0.4 is 5.32 Å². The van der Waals surface area contributed by atoms with Crippen molar-refractivity contribution >= 4 is 27.1 Å². The first-order valence-electron chi connectivity index (χ1n) is 5.34. The topological polar surface area (TPSA) is 83.5 Å². The van der Waals surface area contributed by atoms with E-state index < -0.39 is 26.6 Å². The summed E-state index contributed by atoms with van der Waals surface area (Å²) in [7, 11) is -3.49. The number of sulfone groups is 1. The summed E-state index contributed by atoms with van der Waals surface area (Å²) >= 11 is 1.44. The Labute approximate surface area is 111 Å². The van der Waals surface area contributed by atoms with Crippen LogP contribution in [0.3, 0.4) is 0 Å². The van der Waals surface area contributed by atoms with E-state index in [0.29, 0.717) is 5.56 Å². The fraction of sp³-hybridized carbons (Fsp3) is 0.545. The van der Waals surface area contributed by atoms with Crippen LogP contribution in [-0.4, -0.2) is 37.0 Å². The summed E-state index contributed by atoms with van der Waals surface area (Å²) in [6.45, 7) is 2.68. The molecule has 0 aliphatic heterocycles.